The lowest BCUT2D eigenvalue weighted by molar-refractivity contribution is -0.137. The van der Waals surface area contributed by atoms with Crippen molar-refractivity contribution in [2.24, 2.45) is 0 Å². The SMILES string of the molecule is CCOC(=O)c1nc(-c2ccc(C(F)(F)F)cc2)nc(Cl)c1C. The molecular formula is C15H12ClF3N2O2. The number of carbonyl (C=O) groups is 1. The first-order chi connectivity index (χ1) is 10.7. The molecule has 2 rings (SSSR count). The molecule has 8 heteroatoms. The zero-order chi connectivity index (χ0) is 17.2. The van der Waals surface area contributed by atoms with E-state index in [0.29, 0.717) is 11.1 Å². The minimum atomic E-state index is -4.43. The van der Waals surface area contributed by atoms with E-state index >= 15 is 0 Å². The predicted molar refractivity (Wildman–Crippen MR) is 78.2 cm³/mol. The Morgan fingerprint density at radius 2 is 1.83 bits per heavy atom. The number of rotatable bonds is 3. The van der Waals surface area contributed by atoms with Gasteiger partial charge in [0.1, 0.15) is 5.15 Å². The van der Waals surface area contributed by atoms with Crippen molar-refractivity contribution in [1.29, 1.82) is 0 Å². The Balaban J connectivity index is 2.46. The monoisotopic (exact) mass is 344 g/mol. The molecule has 4 nitrogen and oxygen atoms in total. The van der Waals surface area contributed by atoms with Crippen LogP contribution in [0.3, 0.4) is 0 Å². The number of esters is 1. The summed E-state index contributed by atoms with van der Waals surface area (Å²) >= 11 is 5.98. The summed E-state index contributed by atoms with van der Waals surface area (Å²) in [6, 6.07) is 4.27. The lowest BCUT2D eigenvalue weighted by atomic mass is 10.1. The quantitative estimate of drug-likeness (QED) is 0.615. The Hall–Kier alpha value is -2.15. The molecule has 0 fully saturated rings. The molecule has 0 N–H and O–H groups in total. The molecule has 0 aliphatic heterocycles. The Morgan fingerprint density at radius 3 is 2.35 bits per heavy atom. The number of alkyl halides is 3. The molecule has 0 spiro atoms. The third-order valence-electron chi connectivity index (χ3n) is 3.03. The van der Waals surface area contributed by atoms with Crippen molar-refractivity contribution in [2.45, 2.75) is 20.0 Å². The van der Waals surface area contributed by atoms with E-state index in [1.165, 1.54) is 12.1 Å². The van der Waals surface area contributed by atoms with Crippen LogP contribution in [0, 0.1) is 6.92 Å². The minimum Gasteiger partial charge on any atom is -0.461 e. The predicted octanol–water partition coefficient (Wildman–Crippen LogP) is 4.30. The minimum absolute atomic E-state index is 0.0123. The van der Waals surface area contributed by atoms with Gasteiger partial charge in [-0.25, -0.2) is 14.8 Å². The van der Waals surface area contributed by atoms with Gasteiger partial charge in [0.25, 0.3) is 0 Å². The van der Waals surface area contributed by atoms with E-state index in [0.717, 1.165) is 12.1 Å². The number of benzene rings is 1. The van der Waals surface area contributed by atoms with Gasteiger partial charge in [-0.2, -0.15) is 13.2 Å². The normalized spacial score (nSPS) is 11.4. The lowest BCUT2D eigenvalue weighted by Crippen LogP contribution is -2.11. The van der Waals surface area contributed by atoms with Crippen LogP contribution in [0.2, 0.25) is 5.15 Å². The molecule has 0 saturated carbocycles. The maximum absolute atomic E-state index is 12.6. The Morgan fingerprint density at radius 1 is 1.22 bits per heavy atom. The molecule has 0 saturated heterocycles. The van der Waals surface area contributed by atoms with Crippen LogP contribution in [0.15, 0.2) is 24.3 Å². The summed E-state index contributed by atoms with van der Waals surface area (Å²) in [5.74, 6) is -0.611. The molecule has 0 aliphatic carbocycles. The molecule has 2 aromatic rings. The summed E-state index contributed by atoms with van der Waals surface area (Å²) in [6.45, 7) is 3.37. The number of hydrogen-bond donors (Lipinski definition) is 0. The number of carbonyl (C=O) groups excluding carboxylic acids is 1. The molecule has 0 bridgehead atoms. The maximum atomic E-state index is 12.6. The van der Waals surface area contributed by atoms with Crippen molar-refractivity contribution >= 4 is 17.6 Å². The van der Waals surface area contributed by atoms with E-state index in [-0.39, 0.29) is 23.3 Å². The highest BCUT2D eigenvalue weighted by atomic mass is 35.5. The van der Waals surface area contributed by atoms with Gasteiger partial charge < -0.3 is 4.74 Å². The third-order valence-corrected chi connectivity index (χ3v) is 3.39. The highest BCUT2D eigenvalue weighted by molar-refractivity contribution is 6.30. The number of aromatic nitrogens is 2. The van der Waals surface area contributed by atoms with Crippen LogP contribution < -0.4 is 0 Å². The highest BCUT2D eigenvalue weighted by Gasteiger charge is 2.30. The molecule has 0 aliphatic rings. The number of nitrogens with zero attached hydrogens (tertiary/aromatic N) is 2. The second-order valence-corrected chi connectivity index (χ2v) is 4.97. The molecule has 1 heterocycles. The molecule has 0 amide bonds. The van der Waals surface area contributed by atoms with Crippen LogP contribution in [-0.2, 0) is 10.9 Å². The Bertz CT molecular complexity index is 731. The van der Waals surface area contributed by atoms with Gasteiger partial charge >= 0.3 is 12.1 Å². The van der Waals surface area contributed by atoms with E-state index in [9.17, 15) is 18.0 Å². The molecule has 122 valence electrons. The summed E-state index contributed by atoms with van der Waals surface area (Å²) in [7, 11) is 0. The molecule has 0 unspecified atom stereocenters. The Kier molecular flexibility index (Phi) is 4.89. The fourth-order valence-corrected chi connectivity index (χ4v) is 1.99. The van der Waals surface area contributed by atoms with Crippen LogP contribution in [0.1, 0.15) is 28.5 Å². The average Bonchev–Trinajstić information content (AvgIpc) is 2.49. The summed E-state index contributed by atoms with van der Waals surface area (Å²) in [4.78, 5) is 19.9. The highest BCUT2D eigenvalue weighted by Crippen LogP contribution is 2.31. The van der Waals surface area contributed by atoms with Crippen LogP contribution in [0.5, 0.6) is 0 Å². The second-order valence-electron chi connectivity index (χ2n) is 4.61. The maximum Gasteiger partial charge on any atom is 0.416 e. The van der Waals surface area contributed by atoms with Crippen LogP contribution in [-0.4, -0.2) is 22.5 Å². The molecule has 1 aromatic carbocycles. The topological polar surface area (TPSA) is 52.1 Å². The average molecular weight is 345 g/mol. The van der Waals surface area contributed by atoms with Gasteiger partial charge in [0.15, 0.2) is 11.5 Å². The van der Waals surface area contributed by atoms with Crippen molar-refractivity contribution in [1.82, 2.24) is 9.97 Å². The van der Waals surface area contributed by atoms with E-state index in [1.807, 2.05) is 0 Å². The van der Waals surface area contributed by atoms with Crippen LogP contribution >= 0.6 is 11.6 Å². The van der Waals surface area contributed by atoms with E-state index in [1.54, 1.807) is 13.8 Å². The van der Waals surface area contributed by atoms with Crippen LogP contribution in [0.4, 0.5) is 13.2 Å². The molecular weight excluding hydrogens is 333 g/mol. The first kappa shape index (κ1) is 17.2. The van der Waals surface area contributed by atoms with Gasteiger partial charge in [-0.3, -0.25) is 0 Å². The lowest BCUT2D eigenvalue weighted by Gasteiger charge is -2.10. The van der Waals surface area contributed by atoms with E-state index in [2.05, 4.69) is 9.97 Å². The van der Waals surface area contributed by atoms with Gasteiger partial charge in [0.2, 0.25) is 0 Å². The van der Waals surface area contributed by atoms with Crippen molar-refractivity contribution in [3.63, 3.8) is 0 Å². The van der Waals surface area contributed by atoms with E-state index in [4.69, 9.17) is 16.3 Å². The zero-order valence-electron chi connectivity index (χ0n) is 12.2. The summed E-state index contributed by atoms with van der Waals surface area (Å²) < 4.78 is 42.6. The van der Waals surface area contributed by atoms with Crippen molar-refractivity contribution < 1.29 is 22.7 Å². The van der Waals surface area contributed by atoms with Gasteiger partial charge in [0, 0.05) is 11.1 Å². The van der Waals surface area contributed by atoms with Crippen molar-refractivity contribution in [3.05, 3.63) is 46.2 Å². The number of hydrogen-bond acceptors (Lipinski definition) is 4. The van der Waals surface area contributed by atoms with Gasteiger partial charge in [-0.1, -0.05) is 23.7 Å². The zero-order valence-corrected chi connectivity index (χ0v) is 13.0. The first-order valence-corrected chi connectivity index (χ1v) is 7.00. The number of ether oxygens (including phenoxy) is 1. The van der Waals surface area contributed by atoms with Crippen LogP contribution in [0.25, 0.3) is 11.4 Å². The molecule has 0 radical (unpaired) electrons. The molecule has 1 aromatic heterocycles. The molecule has 0 atom stereocenters. The Labute approximate surface area is 135 Å². The fraction of sp³-hybridized carbons (Fsp3) is 0.267. The van der Waals surface area contributed by atoms with Gasteiger partial charge in [0.05, 0.1) is 12.2 Å². The van der Waals surface area contributed by atoms with Crippen molar-refractivity contribution in [3.8, 4) is 11.4 Å². The summed E-state index contributed by atoms with van der Waals surface area (Å²) in [5, 5.41) is 0.0398. The largest absolute Gasteiger partial charge is 0.461 e. The third kappa shape index (κ3) is 3.79. The summed E-state index contributed by atoms with van der Waals surface area (Å²) in [6.07, 6.45) is -4.43. The standard InChI is InChI=1S/C15H12ClF3N2O2/c1-3-23-14(22)11-8(2)12(16)21-13(20-11)9-4-6-10(7-5-9)15(17,18)19/h4-7H,3H2,1-2H3. The first-order valence-electron chi connectivity index (χ1n) is 6.63. The van der Waals surface area contributed by atoms with E-state index < -0.39 is 17.7 Å². The summed E-state index contributed by atoms with van der Waals surface area (Å²) in [5.41, 5.74) is -0.141. The molecule has 23 heavy (non-hydrogen) atoms. The van der Waals surface area contributed by atoms with Crippen molar-refractivity contribution in [2.75, 3.05) is 6.61 Å². The van der Waals surface area contributed by atoms with Gasteiger partial charge in [-0.05, 0) is 26.0 Å². The van der Waals surface area contributed by atoms with Gasteiger partial charge in [-0.15, -0.1) is 0 Å². The second kappa shape index (κ2) is 6.54. The fourth-order valence-electron chi connectivity index (χ4n) is 1.82. The smallest absolute Gasteiger partial charge is 0.416 e. The number of halogens is 4.